The molecule has 2 atom stereocenters. The lowest BCUT2D eigenvalue weighted by atomic mass is 10.0. The first kappa shape index (κ1) is 18.6. The number of imidazole rings is 1. The van der Waals surface area contributed by atoms with E-state index in [4.69, 9.17) is 0 Å². The van der Waals surface area contributed by atoms with Gasteiger partial charge in [-0.3, -0.25) is 9.80 Å². The number of nitrogens with zero attached hydrogens (tertiary/aromatic N) is 3. The van der Waals surface area contributed by atoms with Crippen molar-refractivity contribution in [3.8, 4) is 0 Å². The number of fused-ring (bicyclic) bond motifs is 1. The van der Waals surface area contributed by atoms with Crippen LogP contribution in [0.15, 0.2) is 24.5 Å². The Morgan fingerprint density at radius 2 is 1.81 bits per heavy atom. The molecule has 2 saturated heterocycles. The third-order valence-electron chi connectivity index (χ3n) is 5.80. The summed E-state index contributed by atoms with van der Waals surface area (Å²) in [6, 6.07) is 5.08. The van der Waals surface area contributed by atoms with Crippen LogP contribution in [0.3, 0.4) is 0 Å². The zero-order valence-corrected chi connectivity index (χ0v) is 16.5. The maximum atomic E-state index is 13.5. The van der Waals surface area contributed by atoms with Gasteiger partial charge in [0.15, 0.2) is 9.84 Å². The Labute approximate surface area is 159 Å². The quantitative estimate of drug-likeness (QED) is 0.857. The van der Waals surface area contributed by atoms with Crippen molar-refractivity contribution in [1.82, 2.24) is 19.8 Å². The van der Waals surface area contributed by atoms with Crippen LogP contribution in [0.5, 0.6) is 0 Å². The van der Waals surface area contributed by atoms with E-state index < -0.39 is 9.84 Å². The van der Waals surface area contributed by atoms with E-state index in [2.05, 4.69) is 19.8 Å². The van der Waals surface area contributed by atoms with E-state index in [9.17, 15) is 12.8 Å². The van der Waals surface area contributed by atoms with Crippen LogP contribution in [0.2, 0.25) is 0 Å². The van der Waals surface area contributed by atoms with Crippen LogP contribution in [0.4, 0.5) is 4.39 Å². The van der Waals surface area contributed by atoms with Gasteiger partial charge in [0.05, 0.1) is 23.5 Å². The second kappa shape index (κ2) is 7.00. The molecule has 0 saturated carbocycles. The monoisotopic (exact) mass is 392 g/mol. The minimum atomic E-state index is -3.06. The second-order valence-electron chi connectivity index (χ2n) is 7.71. The Morgan fingerprint density at radius 3 is 2.41 bits per heavy atom. The van der Waals surface area contributed by atoms with Crippen molar-refractivity contribution in [1.29, 1.82) is 0 Å². The third kappa shape index (κ3) is 3.79. The highest BCUT2D eigenvalue weighted by molar-refractivity contribution is 7.91. The first-order valence-electron chi connectivity index (χ1n) is 9.25. The third-order valence-corrected chi connectivity index (χ3v) is 7.50. The molecule has 2 fully saturated rings. The van der Waals surface area contributed by atoms with E-state index in [0.717, 1.165) is 30.0 Å². The molecule has 8 heteroatoms. The number of H-pyrrole nitrogens is 1. The standard InChI is InChI=1S/C19H25FN4O2S/c1-13-7-15(3-4-16(13)20)8-23-5-6-24(9-17-14(2)21-12-22-17)19-11-27(25,26)10-18(19)23/h3-4,7,12,18-19H,5-6,8-11H2,1-2H3,(H,21,22)/t18-,19+/m0/s1. The number of aromatic amines is 1. The van der Waals surface area contributed by atoms with Gasteiger partial charge in [-0.15, -0.1) is 0 Å². The predicted molar refractivity (Wildman–Crippen MR) is 102 cm³/mol. The maximum Gasteiger partial charge on any atom is 0.153 e. The molecular formula is C19H25FN4O2S. The Kier molecular flexibility index (Phi) is 4.82. The molecule has 3 heterocycles. The average molecular weight is 393 g/mol. The van der Waals surface area contributed by atoms with Crippen molar-refractivity contribution in [2.24, 2.45) is 0 Å². The van der Waals surface area contributed by atoms with E-state index in [1.807, 2.05) is 13.0 Å². The van der Waals surface area contributed by atoms with E-state index in [1.165, 1.54) is 6.07 Å². The van der Waals surface area contributed by atoms with Crippen LogP contribution in [-0.2, 0) is 22.9 Å². The Morgan fingerprint density at radius 1 is 1.15 bits per heavy atom. The van der Waals surface area contributed by atoms with Crippen molar-refractivity contribution < 1.29 is 12.8 Å². The highest BCUT2D eigenvalue weighted by atomic mass is 32.2. The first-order chi connectivity index (χ1) is 12.8. The van der Waals surface area contributed by atoms with Crippen molar-refractivity contribution >= 4 is 9.84 Å². The summed E-state index contributed by atoms with van der Waals surface area (Å²) in [4.78, 5) is 12.0. The van der Waals surface area contributed by atoms with Gasteiger partial charge in [-0.1, -0.05) is 12.1 Å². The molecule has 0 bridgehead atoms. The molecule has 1 aromatic heterocycles. The van der Waals surface area contributed by atoms with E-state index >= 15 is 0 Å². The number of sulfone groups is 1. The molecule has 4 rings (SSSR count). The molecule has 0 spiro atoms. The Hall–Kier alpha value is -1.77. The van der Waals surface area contributed by atoms with Crippen molar-refractivity contribution in [2.45, 2.75) is 39.0 Å². The largest absolute Gasteiger partial charge is 0.348 e. The van der Waals surface area contributed by atoms with E-state index in [-0.39, 0.29) is 29.4 Å². The number of hydrogen-bond acceptors (Lipinski definition) is 5. The normalized spacial score (nSPS) is 25.6. The molecule has 6 nitrogen and oxygen atoms in total. The lowest BCUT2D eigenvalue weighted by Crippen LogP contribution is -2.58. The van der Waals surface area contributed by atoms with E-state index in [0.29, 0.717) is 18.7 Å². The fourth-order valence-corrected chi connectivity index (χ4v) is 6.31. The van der Waals surface area contributed by atoms with Gasteiger partial charge in [0.2, 0.25) is 0 Å². The van der Waals surface area contributed by atoms with Gasteiger partial charge in [0.1, 0.15) is 5.82 Å². The molecule has 0 amide bonds. The molecule has 1 aromatic carbocycles. The van der Waals surface area contributed by atoms with Gasteiger partial charge in [0.25, 0.3) is 0 Å². The van der Waals surface area contributed by atoms with Gasteiger partial charge in [-0.2, -0.15) is 0 Å². The summed E-state index contributed by atoms with van der Waals surface area (Å²) in [5, 5.41) is 0. The number of rotatable bonds is 4. The predicted octanol–water partition coefficient (Wildman–Crippen LogP) is 1.65. The summed E-state index contributed by atoms with van der Waals surface area (Å²) in [7, 11) is -3.06. The lowest BCUT2D eigenvalue weighted by molar-refractivity contribution is 0.0347. The minimum absolute atomic E-state index is 0.0265. The smallest absolute Gasteiger partial charge is 0.153 e. The zero-order valence-electron chi connectivity index (χ0n) is 15.7. The zero-order chi connectivity index (χ0) is 19.2. The molecule has 146 valence electrons. The molecule has 0 radical (unpaired) electrons. The molecule has 27 heavy (non-hydrogen) atoms. The number of benzene rings is 1. The summed E-state index contributed by atoms with van der Waals surface area (Å²) < 4.78 is 38.3. The Bertz CT molecular complexity index is 943. The highest BCUT2D eigenvalue weighted by Gasteiger charge is 2.46. The fourth-order valence-electron chi connectivity index (χ4n) is 4.27. The minimum Gasteiger partial charge on any atom is -0.348 e. The molecule has 2 aliphatic heterocycles. The average Bonchev–Trinajstić information content (AvgIpc) is 3.15. The van der Waals surface area contributed by atoms with Gasteiger partial charge in [-0.25, -0.2) is 17.8 Å². The summed E-state index contributed by atoms with van der Waals surface area (Å²) >= 11 is 0. The van der Waals surface area contributed by atoms with Crippen molar-refractivity contribution in [2.75, 3.05) is 24.6 Å². The highest BCUT2D eigenvalue weighted by Crippen LogP contribution is 2.29. The molecule has 0 aliphatic carbocycles. The summed E-state index contributed by atoms with van der Waals surface area (Å²) in [6.45, 7) is 6.63. The molecular weight excluding hydrogens is 367 g/mol. The second-order valence-corrected chi connectivity index (χ2v) is 9.86. The lowest BCUT2D eigenvalue weighted by Gasteiger charge is -2.43. The fraction of sp³-hybridized carbons (Fsp3) is 0.526. The Balaban J connectivity index is 1.54. The first-order valence-corrected chi connectivity index (χ1v) is 11.1. The number of halogens is 1. The van der Waals surface area contributed by atoms with Crippen LogP contribution in [0.1, 0.15) is 22.5 Å². The summed E-state index contributed by atoms with van der Waals surface area (Å²) in [5.41, 5.74) is 3.64. The van der Waals surface area contributed by atoms with Gasteiger partial charge >= 0.3 is 0 Å². The molecule has 1 N–H and O–H groups in total. The number of nitrogens with one attached hydrogen (secondary N) is 1. The SMILES string of the molecule is Cc1cc(CN2CCN(Cc3nc[nH]c3C)[C@@H]3CS(=O)(=O)C[C@@H]32)ccc1F. The molecule has 2 aromatic rings. The summed E-state index contributed by atoms with van der Waals surface area (Å²) in [6.07, 6.45) is 1.68. The van der Waals surface area contributed by atoms with Crippen LogP contribution < -0.4 is 0 Å². The van der Waals surface area contributed by atoms with Crippen molar-refractivity contribution in [3.63, 3.8) is 0 Å². The van der Waals surface area contributed by atoms with Crippen molar-refractivity contribution in [3.05, 3.63) is 52.9 Å². The topological polar surface area (TPSA) is 69.3 Å². The van der Waals surface area contributed by atoms with Gasteiger partial charge < -0.3 is 4.98 Å². The van der Waals surface area contributed by atoms with Crippen LogP contribution in [-0.4, -0.2) is 64.9 Å². The number of piperazine rings is 1. The van der Waals surface area contributed by atoms with Gasteiger partial charge in [-0.05, 0) is 31.0 Å². The van der Waals surface area contributed by atoms with Gasteiger partial charge in [0, 0.05) is 44.0 Å². The van der Waals surface area contributed by atoms with Crippen LogP contribution in [0, 0.1) is 19.7 Å². The van der Waals surface area contributed by atoms with Crippen LogP contribution in [0.25, 0.3) is 0 Å². The molecule has 0 unspecified atom stereocenters. The van der Waals surface area contributed by atoms with E-state index in [1.54, 1.807) is 19.3 Å². The molecule has 2 aliphatic rings. The maximum absolute atomic E-state index is 13.5. The summed E-state index contributed by atoms with van der Waals surface area (Å²) in [5.74, 6) is 0.174. The number of aromatic nitrogens is 2. The number of aryl methyl sites for hydroxylation is 2. The number of hydrogen-bond donors (Lipinski definition) is 1. The van der Waals surface area contributed by atoms with Crippen LogP contribution >= 0.6 is 0 Å².